The van der Waals surface area contributed by atoms with Gasteiger partial charge >= 0.3 is 5.97 Å². The lowest BCUT2D eigenvalue weighted by molar-refractivity contribution is -0.144. The largest absolute Gasteiger partial charge is 0.423 e. The van der Waals surface area contributed by atoms with E-state index >= 15 is 0 Å². The van der Waals surface area contributed by atoms with Crippen LogP contribution < -0.4 is 4.74 Å². The molecule has 2 nitrogen and oxygen atoms in total. The van der Waals surface area contributed by atoms with Crippen LogP contribution in [0.3, 0.4) is 0 Å². The maximum Gasteiger partial charge on any atom is 0.314 e. The third kappa shape index (κ3) is 5.69. The Balaban J connectivity index is 1.37. The van der Waals surface area contributed by atoms with Gasteiger partial charge in [0.15, 0.2) is 11.6 Å². The van der Waals surface area contributed by atoms with E-state index in [1.54, 1.807) is 6.07 Å². The van der Waals surface area contributed by atoms with Crippen LogP contribution in [0.25, 0.3) is 0 Å². The monoisotopic (exact) mass is 458 g/mol. The zero-order valence-electron chi connectivity index (χ0n) is 20.3. The normalized spacial score (nSPS) is 32.5. The third-order valence-electron chi connectivity index (χ3n) is 8.87. The van der Waals surface area contributed by atoms with Crippen molar-refractivity contribution in [2.24, 2.45) is 35.5 Å². The van der Waals surface area contributed by atoms with Gasteiger partial charge in [0.25, 0.3) is 0 Å². The Hall–Kier alpha value is -1.71. The highest BCUT2D eigenvalue weighted by atomic mass is 19.2. The van der Waals surface area contributed by atoms with Crippen molar-refractivity contribution in [3.05, 3.63) is 41.5 Å². The fourth-order valence-electron chi connectivity index (χ4n) is 6.91. The molecule has 182 valence electrons. The number of esters is 1. The van der Waals surface area contributed by atoms with Crippen molar-refractivity contribution in [3.63, 3.8) is 0 Å². The van der Waals surface area contributed by atoms with Crippen LogP contribution in [0.1, 0.15) is 90.0 Å². The van der Waals surface area contributed by atoms with Crippen LogP contribution in [0.15, 0.2) is 24.3 Å². The van der Waals surface area contributed by atoms with E-state index in [9.17, 15) is 13.6 Å². The molecule has 3 aliphatic rings. The highest BCUT2D eigenvalue weighted by molar-refractivity contribution is 5.75. The Morgan fingerprint density at radius 1 is 0.970 bits per heavy atom. The summed E-state index contributed by atoms with van der Waals surface area (Å²) in [6.45, 7) is 4.27. The van der Waals surface area contributed by atoms with E-state index in [0.29, 0.717) is 30.2 Å². The number of hydrogen-bond donors (Lipinski definition) is 0. The van der Waals surface area contributed by atoms with Crippen molar-refractivity contribution in [3.8, 4) is 5.75 Å². The number of allylic oxidation sites excluding steroid dienone is 2. The minimum atomic E-state index is -1.04. The third-order valence-corrected chi connectivity index (χ3v) is 8.87. The summed E-state index contributed by atoms with van der Waals surface area (Å²) < 4.78 is 34.6. The van der Waals surface area contributed by atoms with E-state index in [1.165, 1.54) is 51.0 Å². The van der Waals surface area contributed by atoms with Crippen molar-refractivity contribution in [2.75, 3.05) is 0 Å². The molecule has 4 rings (SSSR count). The number of carbonyl (C=O) groups is 1. The molecule has 0 spiro atoms. The van der Waals surface area contributed by atoms with Crippen LogP contribution in [0.5, 0.6) is 5.75 Å². The number of ether oxygens (including phenoxy) is 1. The highest BCUT2D eigenvalue weighted by Crippen LogP contribution is 2.50. The summed E-state index contributed by atoms with van der Waals surface area (Å²) in [6.07, 6.45) is 16.9. The molecule has 0 aliphatic heterocycles. The molecule has 0 saturated heterocycles. The van der Waals surface area contributed by atoms with Gasteiger partial charge in [-0.3, -0.25) is 4.79 Å². The molecule has 3 aliphatic carbocycles. The quantitative estimate of drug-likeness (QED) is 0.245. The van der Waals surface area contributed by atoms with Crippen molar-refractivity contribution < 1.29 is 18.3 Å². The van der Waals surface area contributed by atoms with Gasteiger partial charge in [0.1, 0.15) is 0 Å². The van der Waals surface area contributed by atoms with E-state index in [-0.39, 0.29) is 17.6 Å². The molecule has 4 heteroatoms. The Morgan fingerprint density at radius 2 is 1.73 bits per heavy atom. The number of rotatable bonds is 6. The van der Waals surface area contributed by atoms with E-state index in [0.717, 1.165) is 37.0 Å². The lowest BCUT2D eigenvalue weighted by atomic mass is 9.59. The minimum Gasteiger partial charge on any atom is -0.423 e. The lowest BCUT2D eigenvalue weighted by Gasteiger charge is -2.45. The van der Waals surface area contributed by atoms with Gasteiger partial charge in [0.2, 0.25) is 5.82 Å². The zero-order valence-corrected chi connectivity index (χ0v) is 20.3. The maximum atomic E-state index is 14.6. The summed E-state index contributed by atoms with van der Waals surface area (Å²) >= 11 is 0. The Bertz CT molecular complexity index is 840. The summed E-state index contributed by atoms with van der Waals surface area (Å²) in [4.78, 5) is 13.1. The van der Waals surface area contributed by atoms with Gasteiger partial charge in [0, 0.05) is 0 Å². The summed E-state index contributed by atoms with van der Waals surface area (Å²) in [5.41, 5.74) is 0.318. The first-order chi connectivity index (χ1) is 16.0. The molecular formula is C29H40F2O2. The lowest BCUT2D eigenvalue weighted by Crippen LogP contribution is -2.40. The molecule has 4 unspecified atom stereocenters. The molecule has 0 heterocycles. The second-order valence-corrected chi connectivity index (χ2v) is 10.9. The van der Waals surface area contributed by atoms with E-state index in [4.69, 9.17) is 4.74 Å². The number of aryl methyl sites for hydroxylation is 1. The molecule has 0 amide bonds. The molecule has 33 heavy (non-hydrogen) atoms. The fourth-order valence-corrected chi connectivity index (χ4v) is 6.91. The van der Waals surface area contributed by atoms with Crippen LogP contribution in [-0.2, 0) is 11.2 Å². The summed E-state index contributed by atoms with van der Waals surface area (Å²) in [7, 11) is 0. The van der Waals surface area contributed by atoms with Crippen LogP contribution in [0.4, 0.5) is 8.78 Å². The van der Waals surface area contributed by atoms with Gasteiger partial charge in [-0.15, -0.1) is 0 Å². The van der Waals surface area contributed by atoms with Crippen LogP contribution in [-0.4, -0.2) is 5.97 Å². The van der Waals surface area contributed by atoms with Gasteiger partial charge in [-0.1, -0.05) is 50.8 Å². The second-order valence-electron chi connectivity index (χ2n) is 10.9. The summed E-state index contributed by atoms with van der Waals surface area (Å²) in [5.74, 6) is 0.689. The topological polar surface area (TPSA) is 26.3 Å². The van der Waals surface area contributed by atoms with E-state index in [2.05, 4.69) is 6.92 Å². The van der Waals surface area contributed by atoms with Crippen LogP contribution >= 0.6 is 0 Å². The van der Waals surface area contributed by atoms with Crippen molar-refractivity contribution >= 4 is 5.97 Å². The van der Waals surface area contributed by atoms with Crippen molar-refractivity contribution in [1.29, 1.82) is 0 Å². The van der Waals surface area contributed by atoms with Crippen LogP contribution in [0.2, 0.25) is 0 Å². The minimum absolute atomic E-state index is 0.187. The molecule has 0 bridgehead atoms. The highest BCUT2D eigenvalue weighted by Gasteiger charge is 2.43. The van der Waals surface area contributed by atoms with Gasteiger partial charge in [-0.2, -0.15) is 4.39 Å². The van der Waals surface area contributed by atoms with Crippen molar-refractivity contribution in [2.45, 2.75) is 90.9 Å². The zero-order chi connectivity index (χ0) is 23.4. The SMILES string of the molecule is C/C=C/CCc1ccc(OC(=O)C2CCCC3CC(C4CCC(C)CC4)CCC32)c(F)c1F. The summed E-state index contributed by atoms with van der Waals surface area (Å²) in [6, 6.07) is 2.97. The van der Waals surface area contributed by atoms with Gasteiger partial charge in [-0.05, 0) is 99.5 Å². The van der Waals surface area contributed by atoms with E-state index < -0.39 is 11.6 Å². The molecule has 3 fully saturated rings. The smallest absolute Gasteiger partial charge is 0.314 e. The molecule has 1 aromatic carbocycles. The number of halogens is 2. The Labute approximate surface area is 198 Å². The predicted molar refractivity (Wildman–Crippen MR) is 128 cm³/mol. The van der Waals surface area contributed by atoms with Crippen molar-refractivity contribution in [1.82, 2.24) is 0 Å². The average molecular weight is 459 g/mol. The van der Waals surface area contributed by atoms with Gasteiger partial charge in [0.05, 0.1) is 5.92 Å². The number of carbonyl (C=O) groups excluding carboxylic acids is 1. The first kappa shape index (κ1) is 24.4. The predicted octanol–water partition coefficient (Wildman–Crippen LogP) is 8.04. The molecular weight excluding hydrogens is 418 g/mol. The Morgan fingerprint density at radius 3 is 2.48 bits per heavy atom. The number of benzene rings is 1. The van der Waals surface area contributed by atoms with E-state index in [1.807, 2.05) is 19.1 Å². The fraction of sp³-hybridized carbons (Fsp3) is 0.690. The van der Waals surface area contributed by atoms with Crippen LogP contribution in [0, 0.1) is 47.1 Å². The standard InChI is InChI=1S/C29H40F2O2/c1-3-4-5-7-21-15-17-26(28(31)27(21)30)33-29(32)25-9-6-8-23-18-22(14-16-24(23)25)20-12-10-19(2)11-13-20/h3-4,15,17,19-20,22-25H,5-14,16,18H2,1-2H3/b4-3+. The van der Waals surface area contributed by atoms with Gasteiger partial charge in [-0.25, -0.2) is 4.39 Å². The molecule has 0 aromatic heterocycles. The first-order valence-electron chi connectivity index (χ1n) is 13.3. The molecule has 0 N–H and O–H groups in total. The summed E-state index contributed by atoms with van der Waals surface area (Å²) in [5, 5.41) is 0. The number of hydrogen-bond acceptors (Lipinski definition) is 2. The van der Waals surface area contributed by atoms with Gasteiger partial charge < -0.3 is 4.74 Å². The second kappa shape index (κ2) is 11.1. The number of fused-ring (bicyclic) bond motifs is 1. The Kier molecular flexibility index (Phi) is 8.24. The first-order valence-corrected chi connectivity index (χ1v) is 13.3. The maximum absolute atomic E-state index is 14.6. The molecule has 1 aromatic rings. The average Bonchev–Trinajstić information content (AvgIpc) is 2.83. The molecule has 0 radical (unpaired) electrons. The molecule has 4 atom stereocenters. The molecule has 3 saturated carbocycles.